The third-order valence-electron chi connectivity index (χ3n) is 5.16. The summed E-state index contributed by atoms with van der Waals surface area (Å²) >= 11 is 0. The van der Waals surface area contributed by atoms with Crippen LogP contribution in [0, 0.1) is 13.8 Å². The normalized spacial score (nSPS) is 16.0. The molecule has 0 radical (unpaired) electrons. The fourth-order valence-electron chi connectivity index (χ4n) is 3.77. The second-order valence-electron chi connectivity index (χ2n) is 7.59. The van der Waals surface area contributed by atoms with E-state index in [1.807, 2.05) is 30.5 Å². The molecule has 0 aliphatic carbocycles. The number of ether oxygens (including phenoxy) is 2. The summed E-state index contributed by atoms with van der Waals surface area (Å²) in [6, 6.07) is 12.5. The van der Waals surface area contributed by atoms with Crippen LogP contribution < -0.4 is 14.8 Å². The van der Waals surface area contributed by atoms with E-state index in [2.05, 4.69) is 59.5 Å². The Bertz CT molecular complexity index is 957. The molecule has 28 heavy (non-hydrogen) atoms. The van der Waals surface area contributed by atoms with Gasteiger partial charge in [-0.15, -0.1) is 0 Å². The van der Waals surface area contributed by atoms with Crippen molar-refractivity contribution in [3.05, 3.63) is 59.5 Å². The van der Waals surface area contributed by atoms with Crippen LogP contribution in [0.25, 0.3) is 5.82 Å². The van der Waals surface area contributed by atoms with E-state index in [1.165, 1.54) is 17.0 Å². The van der Waals surface area contributed by atoms with E-state index in [0.29, 0.717) is 12.6 Å². The highest BCUT2D eigenvalue weighted by atomic mass is 16.6. The fourth-order valence-corrected chi connectivity index (χ4v) is 3.77. The lowest BCUT2D eigenvalue weighted by Crippen LogP contribution is -2.38. The molecule has 3 heterocycles. The summed E-state index contributed by atoms with van der Waals surface area (Å²) in [5, 5.41) is 8.00. The Morgan fingerprint density at radius 3 is 2.75 bits per heavy atom. The molecule has 0 spiro atoms. The van der Waals surface area contributed by atoms with Crippen LogP contribution in [-0.4, -0.2) is 33.6 Å². The molecule has 148 valence electrons. The molecule has 0 amide bonds. The van der Waals surface area contributed by atoms with Crippen LogP contribution in [0.2, 0.25) is 0 Å². The minimum Gasteiger partial charge on any atom is -0.486 e. The fraction of sp³-hybridized carbons (Fsp3) is 0.409. The topological polar surface area (TPSA) is 53.2 Å². The molecule has 0 fully saturated rings. The molecule has 1 atom stereocenters. The number of nitrogens with zero attached hydrogens (tertiary/aromatic N) is 3. The van der Waals surface area contributed by atoms with E-state index in [4.69, 9.17) is 9.47 Å². The van der Waals surface area contributed by atoms with Gasteiger partial charge in [0.05, 0.1) is 6.20 Å². The molecule has 2 aromatic heterocycles. The first-order valence-electron chi connectivity index (χ1n) is 9.85. The predicted molar refractivity (Wildman–Crippen MR) is 109 cm³/mol. The van der Waals surface area contributed by atoms with Crippen molar-refractivity contribution >= 4 is 0 Å². The number of para-hydroxylation sites is 2. The van der Waals surface area contributed by atoms with Gasteiger partial charge in [-0.1, -0.05) is 12.1 Å². The van der Waals surface area contributed by atoms with E-state index < -0.39 is 0 Å². The van der Waals surface area contributed by atoms with Gasteiger partial charge < -0.3 is 19.4 Å². The quantitative estimate of drug-likeness (QED) is 0.707. The molecule has 0 saturated heterocycles. The Morgan fingerprint density at radius 1 is 1.18 bits per heavy atom. The van der Waals surface area contributed by atoms with Crippen molar-refractivity contribution in [1.29, 1.82) is 0 Å². The van der Waals surface area contributed by atoms with Crippen LogP contribution in [0.15, 0.2) is 42.6 Å². The summed E-state index contributed by atoms with van der Waals surface area (Å²) in [5.74, 6) is 2.75. The first kappa shape index (κ1) is 18.6. The maximum Gasteiger partial charge on any atom is 0.161 e. The van der Waals surface area contributed by atoms with Crippen LogP contribution in [0.4, 0.5) is 0 Å². The molecule has 1 N–H and O–H groups in total. The third-order valence-corrected chi connectivity index (χ3v) is 5.16. The Labute approximate surface area is 166 Å². The van der Waals surface area contributed by atoms with Crippen LogP contribution in [0.5, 0.6) is 11.5 Å². The molecular formula is C22H28N4O2. The molecule has 0 bridgehead atoms. The Balaban J connectivity index is 1.42. The number of aryl methyl sites for hydroxylation is 1. The van der Waals surface area contributed by atoms with Crippen molar-refractivity contribution in [3.63, 3.8) is 0 Å². The zero-order valence-corrected chi connectivity index (χ0v) is 17.0. The summed E-state index contributed by atoms with van der Waals surface area (Å²) in [6.07, 6.45) is 1.88. The van der Waals surface area contributed by atoms with Crippen molar-refractivity contribution in [2.75, 3.05) is 13.2 Å². The molecule has 3 aromatic rings. The number of hydrogen-bond donors (Lipinski definition) is 1. The summed E-state index contributed by atoms with van der Waals surface area (Å²) in [7, 11) is 0. The number of nitrogens with one attached hydrogen (secondary N) is 1. The SMILES string of the molecule is Cc1cc(CNC[C@@H]2COc3ccccc3O2)c(C)n1-c1ccnn1C(C)C. The molecule has 6 nitrogen and oxygen atoms in total. The van der Waals surface area contributed by atoms with E-state index in [0.717, 1.165) is 30.4 Å². The largest absolute Gasteiger partial charge is 0.486 e. The van der Waals surface area contributed by atoms with Gasteiger partial charge >= 0.3 is 0 Å². The third kappa shape index (κ3) is 3.52. The number of rotatable bonds is 6. The second-order valence-corrected chi connectivity index (χ2v) is 7.59. The molecule has 1 aliphatic rings. The zero-order chi connectivity index (χ0) is 19.7. The van der Waals surface area contributed by atoms with Crippen LogP contribution in [0.3, 0.4) is 0 Å². The predicted octanol–water partition coefficient (Wildman–Crippen LogP) is 3.80. The van der Waals surface area contributed by atoms with Crippen molar-refractivity contribution in [1.82, 2.24) is 19.7 Å². The standard InChI is InChI=1S/C22H28N4O2/c1-15(2)26-22(9-10-24-26)25-16(3)11-18(17(25)4)12-23-13-19-14-27-20-7-5-6-8-21(20)28-19/h5-11,15,19,23H,12-14H2,1-4H3/t19-/m1/s1. The summed E-state index contributed by atoms with van der Waals surface area (Å²) < 4.78 is 16.2. The maximum absolute atomic E-state index is 6.03. The van der Waals surface area contributed by atoms with Gasteiger partial charge in [0.2, 0.25) is 0 Å². The van der Waals surface area contributed by atoms with Crippen molar-refractivity contribution in [2.45, 2.75) is 46.4 Å². The lowest BCUT2D eigenvalue weighted by molar-refractivity contribution is 0.0902. The summed E-state index contributed by atoms with van der Waals surface area (Å²) in [5.41, 5.74) is 3.73. The van der Waals surface area contributed by atoms with Crippen LogP contribution >= 0.6 is 0 Å². The average molecular weight is 380 g/mol. The van der Waals surface area contributed by atoms with E-state index in [-0.39, 0.29) is 6.10 Å². The minimum atomic E-state index is 0.0146. The lowest BCUT2D eigenvalue weighted by Gasteiger charge is -2.26. The highest BCUT2D eigenvalue weighted by Gasteiger charge is 2.21. The van der Waals surface area contributed by atoms with E-state index in [1.54, 1.807) is 0 Å². The average Bonchev–Trinajstić information content (AvgIpc) is 3.26. The molecule has 0 saturated carbocycles. The number of aromatic nitrogens is 3. The number of hydrogen-bond acceptors (Lipinski definition) is 4. The molecule has 6 heteroatoms. The van der Waals surface area contributed by atoms with Gasteiger partial charge in [0.15, 0.2) is 11.5 Å². The lowest BCUT2D eigenvalue weighted by atomic mass is 10.2. The maximum atomic E-state index is 6.03. The van der Waals surface area contributed by atoms with Crippen LogP contribution in [-0.2, 0) is 6.54 Å². The molecule has 1 aromatic carbocycles. The zero-order valence-electron chi connectivity index (χ0n) is 17.0. The Kier molecular flexibility index (Phi) is 5.13. The second kappa shape index (κ2) is 7.72. The van der Waals surface area contributed by atoms with Crippen molar-refractivity contribution in [3.8, 4) is 17.3 Å². The van der Waals surface area contributed by atoms with Crippen LogP contribution in [0.1, 0.15) is 36.8 Å². The summed E-state index contributed by atoms with van der Waals surface area (Å²) in [4.78, 5) is 0. The molecule has 0 unspecified atom stereocenters. The number of benzene rings is 1. The monoisotopic (exact) mass is 380 g/mol. The van der Waals surface area contributed by atoms with E-state index >= 15 is 0 Å². The summed E-state index contributed by atoms with van der Waals surface area (Å²) in [6.45, 7) is 10.7. The van der Waals surface area contributed by atoms with Crippen molar-refractivity contribution < 1.29 is 9.47 Å². The van der Waals surface area contributed by atoms with E-state index in [9.17, 15) is 0 Å². The first-order valence-corrected chi connectivity index (χ1v) is 9.85. The van der Waals surface area contributed by atoms with Gasteiger partial charge in [0.25, 0.3) is 0 Å². The van der Waals surface area contributed by atoms with Gasteiger partial charge in [-0.05, 0) is 51.5 Å². The highest BCUT2D eigenvalue weighted by molar-refractivity contribution is 5.41. The Morgan fingerprint density at radius 2 is 1.96 bits per heavy atom. The molecule has 1 aliphatic heterocycles. The van der Waals surface area contributed by atoms with Gasteiger partial charge in [-0.25, -0.2) is 4.68 Å². The minimum absolute atomic E-state index is 0.0146. The highest BCUT2D eigenvalue weighted by Crippen LogP contribution is 2.30. The Hall–Kier alpha value is -2.73. The van der Waals surface area contributed by atoms with Gasteiger partial charge in [0, 0.05) is 36.6 Å². The molecule has 4 rings (SSSR count). The first-order chi connectivity index (χ1) is 13.5. The van der Waals surface area contributed by atoms with Gasteiger partial charge in [0.1, 0.15) is 18.5 Å². The number of fused-ring (bicyclic) bond motifs is 1. The smallest absolute Gasteiger partial charge is 0.161 e. The van der Waals surface area contributed by atoms with Gasteiger partial charge in [-0.3, -0.25) is 0 Å². The van der Waals surface area contributed by atoms with Gasteiger partial charge in [-0.2, -0.15) is 5.10 Å². The van der Waals surface area contributed by atoms with Crippen molar-refractivity contribution in [2.24, 2.45) is 0 Å². The molecular weight excluding hydrogens is 352 g/mol.